The van der Waals surface area contributed by atoms with Gasteiger partial charge in [-0.3, -0.25) is 4.79 Å². The van der Waals surface area contributed by atoms with Crippen LogP contribution in [0.15, 0.2) is 54.6 Å². The number of nitrogens with zero attached hydrogens (tertiary/aromatic N) is 4. The Morgan fingerprint density at radius 1 is 0.969 bits per heavy atom. The molecule has 0 unspecified atom stereocenters. The second-order valence-electron chi connectivity index (χ2n) is 7.12. The molecule has 3 aromatic carbocycles. The van der Waals surface area contributed by atoms with Gasteiger partial charge in [0.1, 0.15) is 16.5 Å². The molecule has 9 heteroatoms. The molecule has 0 spiro atoms. The number of rotatable bonds is 5. The van der Waals surface area contributed by atoms with Gasteiger partial charge in [-0.15, -0.1) is 10.2 Å². The minimum Gasteiger partial charge on any atom is -0.496 e. The van der Waals surface area contributed by atoms with Crippen molar-refractivity contribution in [1.29, 1.82) is 0 Å². The summed E-state index contributed by atoms with van der Waals surface area (Å²) in [5, 5.41) is 18.4. The monoisotopic (exact) mass is 445 g/mol. The van der Waals surface area contributed by atoms with Crippen LogP contribution in [-0.4, -0.2) is 39.9 Å². The first kappa shape index (κ1) is 20.0. The number of benzene rings is 3. The predicted molar refractivity (Wildman–Crippen MR) is 124 cm³/mol. The van der Waals surface area contributed by atoms with Crippen molar-refractivity contribution in [2.24, 2.45) is 0 Å². The number of hydrogen-bond acceptors (Lipinski definition) is 7. The standard InChI is InChI=1S/C23H19N5O3S/c1-13-25-26-23-28(13)27-22(32-23)16-8-9-19(30-2)18(11-16)24-21(29)17-10-14-6-4-5-7-15(14)12-20(17)31-3/h4-12H,1-3H3,(H,24,29). The Labute approximate surface area is 187 Å². The Morgan fingerprint density at radius 3 is 2.44 bits per heavy atom. The Morgan fingerprint density at radius 2 is 1.72 bits per heavy atom. The van der Waals surface area contributed by atoms with E-state index in [4.69, 9.17) is 9.47 Å². The van der Waals surface area contributed by atoms with Crippen LogP contribution in [0.3, 0.4) is 0 Å². The number of amides is 1. The molecule has 0 saturated carbocycles. The number of anilines is 1. The van der Waals surface area contributed by atoms with Crippen molar-refractivity contribution in [2.45, 2.75) is 6.92 Å². The average Bonchev–Trinajstić information content (AvgIpc) is 3.40. The van der Waals surface area contributed by atoms with E-state index in [9.17, 15) is 4.79 Å². The molecule has 0 fully saturated rings. The molecular formula is C23H19N5O3S. The number of aryl methyl sites for hydroxylation is 1. The van der Waals surface area contributed by atoms with Crippen LogP contribution in [0.4, 0.5) is 5.69 Å². The lowest BCUT2D eigenvalue weighted by molar-refractivity contribution is 0.102. The molecule has 1 amide bonds. The minimum absolute atomic E-state index is 0.294. The second-order valence-corrected chi connectivity index (χ2v) is 8.07. The Balaban J connectivity index is 1.52. The predicted octanol–water partition coefficient (Wildman–Crippen LogP) is 4.58. The van der Waals surface area contributed by atoms with Crippen LogP contribution in [-0.2, 0) is 0 Å². The van der Waals surface area contributed by atoms with Crippen molar-refractivity contribution >= 4 is 38.7 Å². The highest BCUT2D eigenvalue weighted by atomic mass is 32.1. The lowest BCUT2D eigenvalue weighted by Gasteiger charge is -2.14. The molecule has 0 aliphatic heterocycles. The molecule has 1 N–H and O–H groups in total. The number of aromatic nitrogens is 4. The second kappa shape index (κ2) is 7.93. The summed E-state index contributed by atoms with van der Waals surface area (Å²) in [7, 11) is 3.12. The van der Waals surface area contributed by atoms with E-state index in [-0.39, 0.29) is 5.91 Å². The average molecular weight is 446 g/mol. The van der Waals surface area contributed by atoms with Crippen molar-refractivity contribution in [3.05, 3.63) is 66.0 Å². The maximum atomic E-state index is 13.2. The van der Waals surface area contributed by atoms with Gasteiger partial charge in [0.2, 0.25) is 4.96 Å². The van der Waals surface area contributed by atoms with Crippen LogP contribution in [0, 0.1) is 6.92 Å². The smallest absolute Gasteiger partial charge is 0.259 e. The molecule has 0 radical (unpaired) electrons. The van der Waals surface area contributed by atoms with Gasteiger partial charge >= 0.3 is 0 Å². The number of methoxy groups -OCH3 is 2. The van der Waals surface area contributed by atoms with Gasteiger partial charge in [-0.2, -0.15) is 9.61 Å². The van der Waals surface area contributed by atoms with E-state index in [1.54, 1.807) is 24.8 Å². The summed E-state index contributed by atoms with van der Waals surface area (Å²) in [5.41, 5.74) is 1.81. The third-order valence-electron chi connectivity index (χ3n) is 5.15. The van der Waals surface area contributed by atoms with Crippen LogP contribution in [0.1, 0.15) is 16.2 Å². The van der Waals surface area contributed by atoms with Crippen LogP contribution >= 0.6 is 11.3 Å². The number of carbonyl (C=O) groups excluding carboxylic acids is 1. The largest absolute Gasteiger partial charge is 0.496 e. The normalized spacial score (nSPS) is 11.1. The van der Waals surface area contributed by atoms with Crippen molar-refractivity contribution < 1.29 is 14.3 Å². The van der Waals surface area contributed by atoms with Gasteiger partial charge in [0.25, 0.3) is 5.91 Å². The number of carbonyl (C=O) groups is 1. The van der Waals surface area contributed by atoms with E-state index in [0.29, 0.717) is 33.5 Å². The summed E-state index contributed by atoms with van der Waals surface area (Å²) in [5.74, 6) is 1.46. The first-order chi connectivity index (χ1) is 15.6. The zero-order valence-electron chi connectivity index (χ0n) is 17.6. The fourth-order valence-electron chi connectivity index (χ4n) is 3.53. The summed E-state index contributed by atoms with van der Waals surface area (Å²) < 4.78 is 12.7. The topological polar surface area (TPSA) is 90.6 Å². The van der Waals surface area contributed by atoms with Gasteiger partial charge < -0.3 is 14.8 Å². The Bertz CT molecular complexity index is 1470. The van der Waals surface area contributed by atoms with Crippen LogP contribution in [0.2, 0.25) is 0 Å². The third-order valence-corrected chi connectivity index (χ3v) is 6.10. The van der Waals surface area contributed by atoms with E-state index < -0.39 is 0 Å². The zero-order chi connectivity index (χ0) is 22.2. The van der Waals surface area contributed by atoms with Gasteiger partial charge in [-0.05, 0) is 48.0 Å². The Hall–Kier alpha value is -3.98. The molecule has 0 aliphatic carbocycles. The highest BCUT2D eigenvalue weighted by Gasteiger charge is 2.18. The molecule has 160 valence electrons. The fraction of sp³-hybridized carbons (Fsp3) is 0.130. The van der Waals surface area contributed by atoms with Crippen molar-refractivity contribution in [3.63, 3.8) is 0 Å². The quantitative estimate of drug-likeness (QED) is 0.426. The van der Waals surface area contributed by atoms with E-state index in [1.807, 2.05) is 55.5 Å². The van der Waals surface area contributed by atoms with Gasteiger partial charge in [-0.1, -0.05) is 35.6 Å². The number of hydrogen-bond donors (Lipinski definition) is 1. The number of ether oxygens (including phenoxy) is 2. The van der Waals surface area contributed by atoms with Crippen molar-refractivity contribution in [3.8, 4) is 22.1 Å². The first-order valence-electron chi connectivity index (χ1n) is 9.83. The molecular weight excluding hydrogens is 426 g/mol. The van der Waals surface area contributed by atoms with Gasteiger partial charge in [-0.25, -0.2) is 0 Å². The van der Waals surface area contributed by atoms with Gasteiger partial charge in [0, 0.05) is 5.56 Å². The molecule has 0 bridgehead atoms. The van der Waals surface area contributed by atoms with Crippen LogP contribution in [0.25, 0.3) is 26.3 Å². The van der Waals surface area contributed by atoms with Crippen molar-refractivity contribution in [2.75, 3.05) is 19.5 Å². The molecule has 32 heavy (non-hydrogen) atoms. The molecule has 8 nitrogen and oxygen atoms in total. The molecule has 0 aliphatic rings. The number of nitrogens with one attached hydrogen (secondary N) is 1. The van der Waals surface area contributed by atoms with Gasteiger partial charge in [0.05, 0.1) is 25.5 Å². The molecule has 5 rings (SSSR count). The summed E-state index contributed by atoms with van der Waals surface area (Å²) in [6.07, 6.45) is 0. The van der Waals surface area contributed by atoms with Gasteiger partial charge in [0.15, 0.2) is 5.82 Å². The summed E-state index contributed by atoms with van der Waals surface area (Å²) >= 11 is 1.42. The molecule has 2 aromatic heterocycles. The van der Waals surface area contributed by atoms with Crippen molar-refractivity contribution in [1.82, 2.24) is 19.8 Å². The highest BCUT2D eigenvalue weighted by Crippen LogP contribution is 2.34. The minimum atomic E-state index is -0.294. The van der Waals surface area contributed by atoms with E-state index in [2.05, 4.69) is 20.6 Å². The molecule has 5 aromatic rings. The SMILES string of the molecule is COc1ccc(-c2nn3c(C)nnc3s2)cc1NC(=O)c1cc2ccccc2cc1OC. The summed E-state index contributed by atoms with van der Waals surface area (Å²) in [6.45, 7) is 1.85. The lowest BCUT2D eigenvalue weighted by atomic mass is 10.0. The van der Waals surface area contributed by atoms with E-state index in [1.165, 1.54) is 11.3 Å². The fourth-order valence-corrected chi connectivity index (χ4v) is 4.41. The zero-order valence-corrected chi connectivity index (χ0v) is 18.4. The highest BCUT2D eigenvalue weighted by molar-refractivity contribution is 7.19. The van der Waals surface area contributed by atoms with Crippen LogP contribution in [0.5, 0.6) is 11.5 Å². The molecule has 2 heterocycles. The van der Waals surface area contributed by atoms with E-state index >= 15 is 0 Å². The molecule has 0 atom stereocenters. The number of fused-ring (bicyclic) bond motifs is 2. The first-order valence-corrected chi connectivity index (χ1v) is 10.6. The Kier molecular flexibility index (Phi) is 4.95. The summed E-state index contributed by atoms with van der Waals surface area (Å²) in [6, 6.07) is 17.0. The maximum Gasteiger partial charge on any atom is 0.259 e. The maximum absolute atomic E-state index is 13.2. The lowest BCUT2D eigenvalue weighted by Crippen LogP contribution is -2.14. The molecule has 0 saturated heterocycles. The van der Waals surface area contributed by atoms with Crippen LogP contribution < -0.4 is 14.8 Å². The summed E-state index contributed by atoms with van der Waals surface area (Å²) in [4.78, 5) is 13.9. The third kappa shape index (κ3) is 3.42. The van der Waals surface area contributed by atoms with E-state index in [0.717, 1.165) is 21.3 Å².